The number of aliphatic carboxylic acids is 1. The molecule has 0 radical (unpaired) electrons. The Kier molecular flexibility index (Phi) is 11.9. The molecule has 21 heteroatoms. The molecular formula is C28H37N9O10S2. The number of hydrogen-bond donors (Lipinski definition) is 5. The molecule has 4 rings (SSSR count). The van der Waals surface area contributed by atoms with Crippen molar-refractivity contribution in [2.24, 2.45) is 17.9 Å². The summed E-state index contributed by atoms with van der Waals surface area (Å²) >= 11 is 0.955. The maximum Gasteiger partial charge on any atom is 0.351 e. The number of carboxylic acid groups (broad SMARTS) is 1. The summed E-state index contributed by atoms with van der Waals surface area (Å²) in [6, 6.07) is 5.64. The number of aryl methyl sites for hydroxylation is 2. The molecule has 2 amide bonds. The van der Waals surface area contributed by atoms with Gasteiger partial charge in [-0.2, -0.15) is 14.0 Å². The van der Waals surface area contributed by atoms with Crippen LogP contribution in [-0.4, -0.2) is 100 Å². The average molecular weight is 724 g/mol. The third-order valence-electron chi connectivity index (χ3n) is 7.31. The van der Waals surface area contributed by atoms with Gasteiger partial charge in [-0.3, -0.25) is 9.59 Å². The number of nitrogens with two attached hydrogens (primary N) is 2. The Labute approximate surface area is 285 Å². The number of carbonyl (C=O) groups is 3. The average Bonchev–Trinajstić information content (AvgIpc) is 3.64. The van der Waals surface area contributed by atoms with Crippen LogP contribution in [0.15, 0.2) is 47.2 Å². The summed E-state index contributed by atoms with van der Waals surface area (Å²) in [7, 11) is -3.32. The van der Waals surface area contributed by atoms with Crippen LogP contribution in [0, 0.1) is 0 Å². The predicted octanol–water partition coefficient (Wildman–Crippen LogP) is -1.29. The Morgan fingerprint density at radius 3 is 2.55 bits per heavy atom. The highest BCUT2D eigenvalue weighted by atomic mass is 32.3. The van der Waals surface area contributed by atoms with Gasteiger partial charge in [-0.05, 0) is 44.5 Å². The Morgan fingerprint density at radius 2 is 1.96 bits per heavy atom. The lowest BCUT2D eigenvalue weighted by Crippen LogP contribution is -2.76. The lowest BCUT2D eigenvalue weighted by Gasteiger charge is -2.51. The first-order valence-corrected chi connectivity index (χ1v) is 17.0. The number of aromatic nitrogens is 3. The molecule has 3 heterocycles. The van der Waals surface area contributed by atoms with Crippen LogP contribution in [0.25, 0.3) is 11.1 Å². The van der Waals surface area contributed by atoms with Crippen molar-refractivity contribution < 1.29 is 51.0 Å². The van der Waals surface area contributed by atoms with E-state index in [1.165, 1.54) is 19.2 Å². The molecule has 3 aromatic rings. The highest BCUT2D eigenvalue weighted by Crippen LogP contribution is 2.33. The van der Waals surface area contributed by atoms with E-state index in [1.807, 2.05) is 36.3 Å². The van der Waals surface area contributed by atoms with E-state index in [0.717, 1.165) is 48.5 Å². The molecule has 2 aromatic heterocycles. The van der Waals surface area contributed by atoms with Gasteiger partial charge in [0.15, 0.2) is 17.9 Å². The number of ether oxygens (including phenoxy) is 1. The highest BCUT2D eigenvalue weighted by Gasteiger charge is 2.57. The van der Waals surface area contributed by atoms with Crippen molar-refractivity contribution in [1.82, 2.24) is 25.4 Å². The summed E-state index contributed by atoms with van der Waals surface area (Å²) in [4.78, 5) is 46.9. The number of anilines is 1. The van der Waals surface area contributed by atoms with Crippen molar-refractivity contribution in [3.63, 3.8) is 0 Å². The minimum absolute atomic E-state index is 0.0540. The van der Waals surface area contributed by atoms with Crippen LogP contribution in [0.1, 0.15) is 26.0 Å². The molecule has 0 unspecified atom stereocenters. The third kappa shape index (κ3) is 9.49. The van der Waals surface area contributed by atoms with Crippen molar-refractivity contribution in [3.8, 4) is 16.9 Å². The van der Waals surface area contributed by atoms with Crippen molar-refractivity contribution >= 4 is 50.4 Å². The summed E-state index contributed by atoms with van der Waals surface area (Å²) in [5, 5.41) is 20.8. The van der Waals surface area contributed by atoms with Gasteiger partial charge in [0.25, 0.3) is 17.9 Å². The number of amides is 2. The van der Waals surface area contributed by atoms with Gasteiger partial charge in [0.1, 0.15) is 24.1 Å². The van der Waals surface area contributed by atoms with Gasteiger partial charge in [-0.15, -0.1) is 16.0 Å². The normalized spacial score (nSPS) is 16.6. The van der Waals surface area contributed by atoms with Crippen LogP contribution in [-0.2, 0) is 47.5 Å². The molecule has 1 saturated heterocycles. The van der Waals surface area contributed by atoms with Gasteiger partial charge >= 0.3 is 5.97 Å². The molecule has 1 aliphatic heterocycles. The topological polar surface area (TPSA) is 270 Å². The second-order valence-electron chi connectivity index (χ2n) is 11.3. The molecule has 266 valence electrons. The summed E-state index contributed by atoms with van der Waals surface area (Å²) in [6.45, 7) is 5.20. The van der Waals surface area contributed by atoms with Crippen molar-refractivity contribution in [2.75, 3.05) is 32.0 Å². The smallest absolute Gasteiger partial charge is 0.351 e. The SMILES string of the molecule is C[n+]1cc(-c2ccc(OC[C@H](O/N=C(/C(=O)N[C@@H]3C(=O)N(OS(=O)(=O)[O-])C3(C)C)c3csc(N)n3)C(=O)O)cc2)cn1CCCNCCN. The van der Waals surface area contributed by atoms with Crippen LogP contribution in [0.3, 0.4) is 0 Å². The van der Waals surface area contributed by atoms with Gasteiger partial charge in [-0.1, -0.05) is 17.3 Å². The molecule has 19 nitrogen and oxygen atoms in total. The molecule has 0 aliphatic carbocycles. The predicted molar refractivity (Wildman–Crippen MR) is 172 cm³/mol. The molecule has 0 bridgehead atoms. The molecule has 2 atom stereocenters. The van der Waals surface area contributed by atoms with Gasteiger partial charge in [-0.25, -0.2) is 18.2 Å². The van der Waals surface area contributed by atoms with Crippen LogP contribution in [0.2, 0.25) is 0 Å². The number of hydrogen-bond acceptors (Lipinski definition) is 15. The monoisotopic (exact) mass is 723 g/mol. The second-order valence-corrected chi connectivity index (χ2v) is 13.2. The highest BCUT2D eigenvalue weighted by molar-refractivity contribution is 7.80. The third-order valence-corrected chi connectivity index (χ3v) is 8.32. The quantitative estimate of drug-likeness (QED) is 0.0194. The number of β-lactam (4-membered cyclic amide) rings is 1. The number of rotatable bonds is 18. The molecule has 0 saturated carbocycles. The summed E-state index contributed by atoms with van der Waals surface area (Å²) in [6.07, 6.45) is 3.26. The molecule has 7 N–H and O–H groups in total. The lowest BCUT2D eigenvalue weighted by molar-refractivity contribution is -0.753. The number of benzene rings is 1. The van der Waals surface area contributed by atoms with Crippen LogP contribution < -0.4 is 31.5 Å². The van der Waals surface area contributed by atoms with E-state index < -0.39 is 58.2 Å². The Morgan fingerprint density at radius 1 is 1.24 bits per heavy atom. The van der Waals surface area contributed by atoms with Crippen LogP contribution in [0.4, 0.5) is 5.13 Å². The van der Waals surface area contributed by atoms with E-state index in [-0.39, 0.29) is 10.8 Å². The summed E-state index contributed by atoms with van der Waals surface area (Å²) < 4.78 is 46.9. The zero-order chi connectivity index (χ0) is 35.9. The van der Waals surface area contributed by atoms with Crippen molar-refractivity contribution in [2.45, 2.75) is 44.5 Å². The Balaban J connectivity index is 1.40. The Hall–Kier alpha value is -4.67. The number of nitrogens with zero attached hydrogens (tertiary/aromatic N) is 5. The van der Waals surface area contributed by atoms with E-state index in [2.05, 4.69) is 29.7 Å². The molecule has 1 aromatic carbocycles. The van der Waals surface area contributed by atoms with E-state index >= 15 is 0 Å². The fraction of sp³-hybridized carbons (Fsp3) is 0.429. The van der Waals surface area contributed by atoms with Crippen LogP contribution >= 0.6 is 11.3 Å². The first-order chi connectivity index (χ1) is 23.1. The summed E-state index contributed by atoms with van der Waals surface area (Å²) in [5.74, 6) is -3.17. The maximum atomic E-state index is 13.2. The van der Waals surface area contributed by atoms with E-state index in [0.29, 0.717) is 17.4 Å². The van der Waals surface area contributed by atoms with Crippen molar-refractivity contribution in [1.29, 1.82) is 0 Å². The first-order valence-electron chi connectivity index (χ1n) is 14.8. The van der Waals surface area contributed by atoms with Crippen LogP contribution in [0.5, 0.6) is 5.75 Å². The minimum atomic E-state index is -5.27. The van der Waals surface area contributed by atoms with Gasteiger partial charge < -0.3 is 41.3 Å². The Bertz CT molecular complexity index is 1790. The number of oxime groups is 1. The number of thiazole rings is 1. The fourth-order valence-corrected chi connectivity index (χ4v) is 5.72. The number of hydroxylamine groups is 2. The minimum Gasteiger partial charge on any atom is -0.724 e. The number of nitrogens with one attached hydrogen (secondary N) is 2. The van der Waals surface area contributed by atoms with Gasteiger partial charge in [0.2, 0.25) is 16.6 Å². The van der Waals surface area contributed by atoms with E-state index in [1.54, 1.807) is 12.1 Å². The lowest BCUT2D eigenvalue weighted by atomic mass is 9.84. The fourth-order valence-electron chi connectivity index (χ4n) is 4.72. The standard InChI is InChI=1S/C28H37N9O10S2/c1-28(2)23(25(39)37(28)47-49(42,43)44)33-24(38)22(20-16-48-27(30)32-20)34-46-21(26(40)41)15-45-19-7-5-17(6-8-19)18-13-35(3)36(14-18)12-4-10-31-11-9-29/h5-8,13-14,16,21,23,31H,4,9-12,15,29H2,1-3H3,(H4-,30,32,33,38,40,41,42,43,44)/b34-22+/t21-,23+/m0/s1. The van der Waals surface area contributed by atoms with Crippen molar-refractivity contribution in [3.05, 3.63) is 47.7 Å². The zero-order valence-electron chi connectivity index (χ0n) is 26.8. The molecular weight excluding hydrogens is 686 g/mol. The second kappa shape index (κ2) is 15.7. The van der Waals surface area contributed by atoms with E-state index in [9.17, 15) is 32.5 Å². The van der Waals surface area contributed by atoms with Gasteiger partial charge in [0, 0.05) is 18.5 Å². The molecule has 0 spiro atoms. The summed E-state index contributed by atoms with van der Waals surface area (Å²) in [5.41, 5.74) is 11.0. The number of carboxylic acids is 1. The zero-order valence-corrected chi connectivity index (χ0v) is 28.4. The first kappa shape index (κ1) is 37.2. The molecule has 1 fully saturated rings. The number of carbonyl (C=O) groups excluding carboxylic acids is 2. The maximum absolute atomic E-state index is 13.2. The molecule has 1 aliphatic rings. The molecule has 49 heavy (non-hydrogen) atoms. The largest absolute Gasteiger partial charge is 0.724 e. The number of nitrogen functional groups attached to an aromatic ring is 1. The van der Waals surface area contributed by atoms with Gasteiger partial charge in [0.05, 0.1) is 23.8 Å². The van der Waals surface area contributed by atoms with E-state index in [4.69, 9.17) is 21.0 Å².